The lowest BCUT2D eigenvalue weighted by atomic mass is 9.69. The minimum atomic E-state index is -0.482. The van der Waals surface area contributed by atoms with Crippen molar-refractivity contribution in [2.45, 2.75) is 39.5 Å². The van der Waals surface area contributed by atoms with Gasteiger partial charge in [-0.25, -0.2) is 0 Å². The molecule has 7 heteroatoms. The smallest absolute Gasteiger partial charge is 0.234 e. The number of dihydropyridines is 1. The highest BCUT2D eigenvalue weighted by atomic mass is 35.5. The van der Waals surface area contributed by atoms with Gasteiger partial charge in [0.25, 0.3) is 0 Å². The minimum Gasteiger partial charge on any atom is -0.352 e. The second-order valence-corrected chi connectivity index (χ2v) is 10.9. The van der Waals surface area contributed by atoms with Crippen molar-refractivity contribution in [1.82, 2.24) is 5.32 Å². The van der Waals surface area contributed by atoms with Gasteiger partial charge in [0.15, 0.2) is 5.78 Å². The van der Waals surface area contributed by atoms with E-state index >= 15 is 0 Å². The number of carbonyl (C=O) groups is 2. The van der Waals surface area contributed by atoms with Gasteiger partial charge in [-0.05, 0) is 48.6 Å². The Kier molecular flexibility index (Phi) is 6.88. The number of hydrogen-bond acceptors (Lipinski definition) is 5. The molecule has 0 aromatic heterocycles. The van der Waals surface area contributed by atoms with Crippen LogP contribution in [-0.4, -0.2) is 17.4 Å². The van der Waals surface area contributed by atoms with E-state index in [1.54, 1.807) is 12.1 Å². The number of carbonyl (C=O) groups excluding carboxylic acids is 2. The molecule has 2 aromatic carbocycles. The molecule has 1 aliphatic heterocycles. The Morgan fingerprint density at radius 3 is 2.50 bits per heavy atom. The van der Waals surface area contributed by atoms with E-state index in [1.807, 2.05) is 43.3 Å². The zero-order valence-corrected chi connectivity index (χ0v) is 20.9. The van der Waals surface area contributed by atoms with Crippen molar-refractivity contribution in [3.8, 4) is 6.07 Å². The Morgan fingerprint density at radius 1 is 1.18 bits per heavy atom. The van der Waals surface area contributed by atoms with Gasteiger partial charge in [-0.1, -0.05) is 67.0 Å². The average Bonchev–Trinajstić information content (AvgIpc) is 2.78. The molecule has 1 aliphatic carbocycles. The molecular formula is C27H26ClN3O2S. The van der Waals surface area contributed by atoms with E-state index < -0.39 is 5.92 Å². The van der Waals surface area contributed by atoms with Gasteiger partial charge in [0.2, 0.25) is 5.91 Å². The largest absolute Gasteiger partial charge is 0.352 e. The van der Waals surface area contributed by atoms with Crippen LogP contribution in [0.4, 0.5) is 5.69 Å². The summed E-state index contributed by atoms with van der Waals surface area (Å²) < 4.78 is 0. The van der Waals surface area contributed by atoms with E-state index in [1.165, 1.54) is 11.8 Å². The summed E-state index contributed by atoms with van der Waals surface area (Å²) in [5, 5.41) is 17.6. The Morgan fingerprint density at radius 2 is 1.85 bits per heavy atom. The number of thioether (sulfide) groups is 1. The van der Waals surface area contributed by atoms with Crippen LogP contribution < -0.4 is 10.6 Å². The summed E-state index contributed by atoms with van der Waals surface area (Å²) in [5.41, 5.74) is 4.42. The van der Waals surface area contributed by atoms with Crippen molar-refractivity contribution in [3.05, 3.63) is 86.6 Å². The van der Waals surface area contributed by atoms with Crippen molar-refractivity contribution in [2.24, 2.45) is 5.41 Å². The molecule has 0 unspecified atom stereocenters. The summed E-state index contributed by atoms with van der Waals surface area (Å²) in [6.07, 6.45) is 1.12. The molecule has 0 fully saturated rings. The first kappa shape index (κ1) is 24.1. The summed E-state index contributed by atoms with van der Waals surface area (Å²) >= 11 is 7.38. The second kappa shape index (κ2) is 9.69. The Hall–Kier alpha value is -3.01. The molecule has 1 amide bonds. The van der Waals surface area contributed by atoms with Crippen molar-refractivity contribution < 1.29 is 9.59 Å². The SMILES string of the molecule is Cc1ccc(NC(=O)CSC2=C(C#N)[C@H](c3ccc(Cl)cc3)C3=C(CC(C)(C)CC3=O)N2)cc1. The van der Waals surface area contributed by atoms with Gasteiger partial charge in [-0.15, -0.1) is 0 Å². The van der Waals surface area contributed by atoms with Crippen LogP contribution in [0.3, 0.4) is 0 Å². The molecule has 34 heavy (non-hydrogen) atoms. The number of amides is 1. The third-order valence-electron chi connectivity index (χ3n) is 6.01. The lowest BCUT2D eigenvalue weighted by molar-refractivity contribution is -0.118. The predicted molar refractivity (Wildman–Crippen MR) is 137 cm³/mol. The molecule has 174 valence electrons. The normalized spacial score (nSPS) is 19.3. The fourth-order valence-corrected chi connectivity index (χ4v) is 5.44. The molecule has 0 saturated carbocycles. The number of allylic oxidation sites excluding steroid dienone is 3. The fraction of sp³-hybridized carbons (Fsp3) is 0.296. The first-order chi connectivity index (χ1) is 16.2. The van der Waals surface area contributed by atoms with Crippen LogP contribution in [0.1, 0.15) is 43.7 Å². The summed E-state index contributed by atoms with van der Waals surface area (Å²) in [5.74, 6) is -0.463. The lowest BCUT2D eigenvalue weighted by Gasteiger charge is -2.39. The number of ketones is 1. The van der Waals surface area contributed by atoms with Gasteiger partial charge in [0.05, 0.1) is 28.3 Å². The third kappa shape index (κ3) is 5.22. The van der Waals surface area contributed by atoms with Gasteiger partial charge < -0.3 is 10.6 Å². The number of rotatable bonds is 5. The monoisotopic (exact) mass is 491 g/mol. The highest BCUT2D eigenvalue weighted by molar-refractivity contribution is 8.03. The van der Waals surface area contributed by atoms with Gasteiger partial charge in [-0.3, -0.25) is 9.59 Å². The summed E-state index contributed by atoms with van der Waals surface area (Å²) in [6.45, 7) is 6.13. The van der Waals surface area contributed by atoms with E-state index in [4.69, 9.17) is 11.6 Å². The Balaban J connectivity index is 1.64. The number of anilines is 1. The first-order valence-corrected chi connectivity index (χ1v) is 12.5. The Bertz CT molecular complexity index is 1240. The number of Topliss-reactive ketones (excluding diaryl/α,β-unsaturated/α-hetero) is 1. The fourth-order valence-electron chi connectivity index (χ4n) is 4.45. The molecule has 4 rings (SSSR count). The highest BCUT2D eigenvalue weighted by Crippen LogP contribution is 2.47. The highest BCUT2D eigenvalue weighted by Gasteiger charge is 2.41. The molecule has 1 atom stereocenters. The average molecular weight is 492 g/mol. The quantitative estimate of drug-likeness (QED) is 0.529. The minimum absolute atomic E-state index is 0.0487. The maximum Gasteiger partial charge on any atom is 0.234 e. The number of nitrogens with one attached hydrogen (secondary N) is 2. The Labute approximate surface area is 209 Å². The van der Waals surface area contributed by atoms with E-state index in [9.17, 15) is 14.9 Å². The maximum absolute atomic E-state index is 13.2. The van der Waals surface area contributed by atoms with Crippen LogP contribution in [0.15, 0.2) is 70.4 Å². The molecular weight excluding hydrogens is 466 g/mol. The van der Waals surface area contributed by atoms with E-state index in [2.05, 4.69) is 30.6 Å². The number of nitriles is 1. The molecule has 0 spiro atoms. The topological polar surface area (TPSA) is 82.0 Å². The van der Waals surface area contributed by atoms with E-state index in [-0.39, 0.29) is 22.9 Å². The molecule has 0 bridgehead atoms. The first-order valence-electron chi connectivity index (χ1n) is 11.1. The summed E-state index contributed by atoms with van der Waals surface area (Å²) in [6, 6.07) is 17.2. The zero-order valence-electron chi connectivity index (χ0n) is 19.4. The second-order valence-electron chi connectivity index (χ2n) is 9.50. The van der Waals surface area contributed by atoms with Crippen LogP contribution >= 0.6 is 23.4 Å². The van der Waals surface area contributed by atoms with Gasteiger partial charge in [0.1, 0.15) is 0 Å². The van der Waals surface area contributed by atoms with Crippen molar-refractivity contribution >= 4 is 40.7 Å². The van der Waals surface area contributed by atoms with Gasteiger partial charge >= 0.3 is 0 Å². The van der Waals surface area contributed by atoms with Crippen LogP contribution in [0, 0.1) is 23.7 Å². The van der Waals surface area contributed by atoms with Crippen molar-refractivity contribution in [2.75, 3.05) is 11.1 Å². The maximum atomic E-state index is 13.2. The van der Waals surface area contributed by atoms with Gasteiger partial charge in [0, 0.05) is 28.4 Å². The number of aryl methyl sites for hydroxylation is 1. The van der Waals surface area contributed by atoms with E-state index in [0.29, 0.717) is 34.0 Å². The number of nitrogens with zero attached hydrogens (tertiary/aromatic N) is 1. The predicted octanol–water partition coefficient (Wildman–Crippen LogP) is 6.09. The zero-order chi connectivity index (χ0) is 24.5. The molecule has 0 radical (unpaired) electrons. The standard InChI is InChI=1S/C27H26ClN3O2S/c1-16-4-10-19(11-5-16)30-23(33)15-34-26-20(14-29)24(17-6-8-18(28)9-7-17)25-21(31-26)12-27(2,3)13-22(25)32/h4-11,24,31H,12-13,15H2,1-3H3,(H,30,33)/t24-/m0/s1. The third-order valence-corrected chi connectivity index (χ3v) is 7.28. The summed E-state index contributed by atoms with van der Waals surface area (Å²) in [7, 11) is 0. The molecule has 1 heterocycles. The van der Waals surface area contributed by atoms with Crippen molar-refractivity contribution in [3.63, 3.8) is 0 Å². The molecule has 2 aromatic rings. The van der Waals surface area contributed by atoms with E-state index in [0.717, 1.165) is 22.5 Å². The molecule has 0 saturated heterocycles. The summed E-state index contributed by atoms with van der Waals surface area (Å²) in [4.78, 5) is 25.8. The van der Waals surface area contributed by atoms with Crippen molar-refractivity contribution in [1.29, 1.82) is 5.26 Å². The number of benzene rings is 2. The van der Waals surface area contributed by atoms with Crippen LogP contribution in [-0.2, 0) is 9.59 Å². The van der Waals surface area contributed by atoms with Gasteiger partial charge in [-0.2, -0.15) is 5.26 Å². The molecule has 5 nitrogen and oxygen atoms in total. The van der Waals surface area contributed by atoms with Crippen LogP contribution in [0.5, 0.6) is 0 Å². The molecule has 2 N–H and O–H groups in total. The molecule has 2 aliphatic rings. The van der Waals surface area contributed by atoms with Crippen LogP contribution in [0.2, 0.25) is 5.02 Å². The number of hydrogen-bond donors (Lipinski definition) is 2. The number of halogens is 1. The van der Waals surface area contributed by atoms with Crippen LogP contribution in [0.25, 0.3) is 0 Å². The lowest BCUT2D eigenvalue weighted by Crippen LogP contribution is -2.37.